The SMILES string of the molecule is CC(Nc1ncc(C(=O)N2CCCCC2)cc1Cl)c1cc2ccccc2o1. The molecule has 2 aromatic heterocycles. The number of piperidine rings is 1. The van der Waals surface area contributed by atoms with Crippen LogP contribution in [0.1, 0.15) is 48.3 Å². The first kappa shape index (κ1) is 17.9. The highest BCUT2D eigenvalue weighted by Gasteiger charge is 2.20. The van der Waals surface area contributed by atoms with Gasteiger partial charge in [-0.3, -0.25) is 4.79 Å². The molecule has 0 aliphatic carbocycles. The number of hydrogen-bond donors (Lipinski definition) is 1. The topological polar surface area (TPSA) is 58.4 Å². The smallest absolute Gasteiger partial charge is 0.255 e. The van der Waals surface area contributed by atoms with E-state index >= 15 is 0 Å². The second kappa shape index (κ2) is 7.61. The van der Waals surface area contributed by atoms with Gasteiger partial charge in [-0.2, -0.15) is 0 Å². The van der Waals surface area contributed by atoms with Gasteiger partial charge in [0.2, 0.25) is 0 Å². The van der Waals surface area contributed by atoms with E-state index in [2.05, 4.69) is 10.3 Å². The quantitative estimate of drug-likeness (QED) is 0.665. The fraction of sp³-hybridized carbons (Fsp3) is 0.333. The predicted molar refractivity (Wildman–Crippen MR) is 107 cm³/mol. The van der Waals surface area contributed by atoms with Crippen LogP contribution < -0.4 is 5.32 Å². The number of furan rings is 1. The minimum absolute atomic E-state index is 0.000910. The monoisotopic (exact) mass is 383 g/mol. The number of para-hydroxylation sites is 1. The molecule has 1 atom stereocenters. The second-order valence-corrected chi connectivity index (χ2v) is 7.37. The molecule has 1 saturated heterocycles. The number of aromatic nitrogens is 1. The number of amides is 1. The molecule has 1 aliphatic heterocycles. The van der Waals surface area contributed by atoms with Gasteiger partial charge in [0, 0.05) is 24.7 Å². The summed E-state index contributed by atoms with van der Waals surface area (Å²) in [6.45, 7) is 3.60. The van der Waals surface area contributed by atoms with Crippen molar-refractivity contribution < 1.29 is 9.21 Å². The zero-order valence-electron chi connectivity index (χ0n) is 15.2. The molecule has 0 radical (unpaired) electrons. The summed E-state index contributed by atoms with van der Waals surface area (Å²) in [5.41, 5.74) is 1.38. The maximum Gasteiger partial charge on any atom is 0.255 e. The number of likely N-dealkylation sites (tertiary alicyclic amines) is 1. The largest absolute Gasteiger partial charge is 0.459 e. The highest BCUT2D eigenvalue weighted by molar-refractivity contribution is 6.33. The van der Waals surface area contributed by atoms with Gasteiger partial charge in [-0.1, -0.05) is 29.8 Å². The Bertz CT molecular complexity index is 930. The number of hydrogen-bond acceptors (Lipinski definition) is 4. The molecule has 1 unspecified atom stereocenters. The summed E-state index contributed by atoms with van der Waals surface area (Å²) >= 11 is 6.40. The number of fused-ring (bicyclic) bond motifs is 1. The lowest BCUT2D eigenvalue weighted by Crippen LogP contribution is -2.35. The van der Waals surface area contributed by atoms with E-state index in [-0.39, 0.29) is 11.9 Å². The standard InChI is InChI=1S/C21H22ClN3O2/c1-14(19-12-15-7-3-4-8-18(15)27-19)24-20-17(22)11-16(13-23-20)21(26)25-9-5-2-6-10-25/h3-4,7-8,11-14H,2,5-6,9-10H2,1H3,(H,23,24). The Morgan fingerprint density at radius 2 is 2.00 bits per heavy atom. The van der Waals surface area contributed by atoms with Crippen molar-refractivity contribution >= 4 is 34.3 Å². The molecule has 1 aliphatic rings. The van der Waals surface area contributed by atoms with Gasteiger partial charge in [-0.15, -0.1) is 0 Å². The molecule has 1 N–H and O–H groups in total. The summed E-state index contributed by atoms with van der Waals surface area (Å²) in [4.78, 5) is 18.9. The molecule has 5 nitrogen and oxygen atoms in total. The Balaban J connectivity index is 1.49. The first-order chi connectivity index (χ1) is 13.1. The van der Waals surface area contributed by atoms with Crippen LogP contribution in [0.4, 0.5) is 5.82 Å². The first-order valence-corrected chi connectivity index (χ1v) is 9.69. The second-order valence-electron chi connectivity index (χ2n) is 6.96. The molecule has 27 heavy (non-hydrogen) atoms. The zero-order valence-corrected chi connectivity index (χ0v) is 16.0. The molecule has 1 aromatic carbocycles. The van der Waals surface area contributed by atoms with Gasteiger partial charge in [0.15, 0.2) is 0 Å². The van der Waals surface area contributed by atoms with Crippen molar-refractivity contribution in [3.8, 4) is 0 Å². The Morgan fingerprint density at radius 3 is 2.74 bits per heavy atom. The van der Waals surface area contributed by atoms with Gasteiger partial charge in [0.05, 0.1) is 16.6 Å². The molecular formula is C21H22ClN3O2. The third kappa shape index (κ3) is 3.78. The van der Waals surface area contributed by atoms with Gasteiger partial charge in [-0.25, -0.2) is 4.98 Å². The van der Waals surface area contributed by atoms with E-state index in [9.17, 15) is 4.79 Å². The van der Waals surface area contributed by atoms with Crippen molar-refractivity contribution in [2.24, 2.45) is 0 Å². The van der Waals surface area contributed by atoms with Crippen molar-refractivity contribution in [3.63, 3.8) is 0 Å². The van der Waals surface area contributed by atoms with Gasteiger partial charge in [-0.05, 0) is 44.4 Å². The fourth-order valence-electron chi connectivity index (χ4n) is 3.43. The van der Waals surface area contributed by atoms with Crippen LogP contribution in [0.25, 0.3) is 11.0 Å². The first-order valence-electron chi connectivity index (χ1n) is 9.31. The normalized spacial score (nSPS) is 15.7. The van der Waals surface area contributed by atoms with E-state index in [1.54, 1.807) is 12.3 Å². The van der Waals surface area contributed by atoms with Crippen LogP contribution in [0.15, 0.2) is 47.0 Å². The number of nitrogens with zero attached hydrogens (tertiary/aromatic N) is 2. The van der Waals surface area contributed by atoms with Crippen LogP contribution in [0.2, 0.25) is 5.02 Å². The molecule has 0 spiro atoms. The maximum absolute atomic E-state index is 12.6. The summed E-state index contributed by atoms with van der Waals surface area (Å²) in [6, 6.07) is 11.5. The molecule has 0 saturated carbocycles. The van der Waals surface area contributed by atoms with Crippen LogP contribution in [-0.4, -0.2) is 28.9 Å². The van der Waals surface area contributed by atoms with Gasteiger partial charge >= 0.3 is 0 Å². The van der Waals surface area contributed by atoms with E-state index in [1.807, 2.05) is 42.2 Å². The summed E-state index contributed by atoms with van der Waals surface area (Å²) in [5.74, 6) is 1.35. The molecule has 3 aromatic rings. The third-order valence-electron chi connectivity index (χ3n) is 4.96. The van der Waals surface area contributed by atoms with Gasteiger partial charge < -0.3 is 14.6 Å². The van der Waals surface area contributed by atoms with Crippen molar-refractivity contribution in [2.75, 3.05) is 18.4 Å². The van der Waals surface area contributed by atoms with Crippen molar-refractivity contribution in [2.45, 2.75) is 32.2 Å². The van der Waals surface area contributed by atoms with E-state index in [1.165, 1.54) is 6.42 Å². The minimum Gasteiger partial charge on any atom is -0.459 e. The number of carbonyl (C=O) groups excluding carboxylic acids is 1. The lowest BCUT2D eigenvalue weighted by atomic mass is 10.1. The third-order valence-corrected chi connectivity index (χ3v) is 5.24. The number of nitrogens with one attached hydrogen (secondary N) is 1. The van der Waals surface area contributed by atoms with E-state index < -0.39 is 0 Å². The summed E-state index contributed by atoms with van der Waals surface area (Å²) < 4.78 is 5.89. The molecule has 140 valence electrons. The van der Waals surface area contributed by atoms with E-state index in [0.29, 0.717) is 16.4 Å². The van der Waals surface area contributed by atoms with Gasteiger partial charge in [0.1, 0.15) is 17.2 Å². The van der Waals surface area contributed by atoms with Crippen LogP contribution in [0.3, 0.4) is 0 Å². The average molecular weight is 384 g/mol. The number of anilines is 1. The molecule has 4 rings (SSSR count). The van der Waals surface area contributed by atoms with Crippen molar-refractivity contribution in [1.82, 2.24) is 9.88 Å². The Kier molecular flexibility index (Phi) is 5.03. The highest BCUT2D eigenvalue weighted by atomic mass is 35.5. The Hall–Kier alpha value is -2.53. The maximum atomic E-state index is 12.6. The predicted octanol–water partition coefficient (Wildman–Crippen LogP) is 5.28. The van der Waals surface area contributed by atoms with Gasteiger partial charge in [0.25, 0.3) is 5.91 Å². The van der Waals surface area contributed by atoms with Crippen LogP contribution in [0.5, 0.6) is 0 Å². The van der Waals surface area contributed by atoms with Crippen molar-refractivity contribution in [3.05, 3.63) is 58.9 Å². The van der Waals surface area contributed by atoms with Crippen LogP contribution in [0, 0.1) is 0 Å². The van der Waals surface area contributed by atoms with E-state index in [4.69, 9.17) is 16.0 Å². The highest BCUT2D eigenvalue weighted by Crippen LogP contribution is 2.29. The van der Waals surface area contributed by atoms with Crippen LogP contribution in [-0.2, 0) is 0 Å². The lowest BCUT2D eigenvalue weighted by molar-refractivity contribution is 0.0724. The molecular weight excluding hydrogens is 362 g/mol. The summed E-state index contributed by atoms with van der Waals surface area (Å²) in [5, 5.41) is 4.76. The average Bonchev–Trinajstić information content (AvgIpc) is 3.14. The summed E-state index contributed by atoms with van der Waals surface area (Å²) in [6.07, 6.45) is 4.89. The molecule has 1 fully saturated rings. The number of carbonyl (C=O) groups is 1. The molecule has 0 bridgehead atoms. The molecule has 6 heteroatoms. The number of benzene rings is 1. The zero-order chi connectivity index (χ0) is 18.8. The summed E-state index contributed by atoms with van der Waals surface area (Å²) in [7, 11) is 0. The molecule has 3 heterocycles. The Morgan fingerprint density at radius 1 is 1.22 bits per heavy atom. The number of pyridine rings is 1. The van der Waals surface area contributed by atoms with E-state index in [0.717, 1.165) is 42.7 Å². The number of halogens is 1. The van der Waals surface area contributed by atoms with Crippen molar-refractivity contribution in [1.29, 1.82) is 0 Å². The molecule has 1 amide bonds. The minimum atomic E-state index is -0.106. The fourth-order valence-corrected chi connectivity index (χ4v) is 3.65. The van der Waals surface area contributed by atoms with Crippen LogP contribution >= 0.6 is 11.6 Å². The Labute approximate surface area is 163 Å². The lowest BCUT2D eigenvalue weighted by Gasteiger charge is -2.26. The number of rotatable bonds is 4.